The lowest BCUT2D eigenvalue weighted by molar-refractivity contribution is -0.0498. The number of hydrogen-bond donors (Lipinski definition) is 5. The van der Waals surface area contributed by atoms with Gasteiger partial charge in [-0.1, -0.05) is 0 Å². The molecule has 2 unspecified atom stereocenters. The summed E-state index contributed by atoms with van der Waals surface area (Å²) in [5, 5.41) is 27.8. The first-order valence-electron chi connectivity index (χ1n) is 5.27. The highest BCUT2D eigenvalue weighted by Gasteiger charge is 2.44. The van der Waals surface area contributed by atoms with Crippen molar-refractivity contribution < 1.29 is 20.2 Å². The van der Waals surface area contributed by atoms with Crippen LogP contribution in [-0.2, 0) is 4.74 Å². The van der Waals surface area contributed by atoms with Gasteiger partial charge in [-0.15, -0.1) is 0 Å². The number of ether oxygens (including phenoxy) is 1. The first-order chi connectivity index (χ1) is 8.58. The molecule has 6 N–H and O–H groups in total. The maximum absolute atomic E-state index is 11.6. The molecule has 0 amide bonds. The van der Waals surface area contributed by atoms with E-state index >= 15 is 0 Å². The molecule has 1 saturated heterocycles. The summed E-state index contributed by atoms with van der Waals surface area (Å²) in [4.78, 5) is 15.1. The highest BCUT2D eigenvalue weighted by molar-refractivity contribution is 5.23. The van der Waals surface area contributed by atoms with E-state index in [-0.39, 0.29) is 5.82 Å². The van der Waals surface area contributed by atoms with Gasteiger partial charge >= 0.3 is 5.69 Å². The maximum atomic E-state index is 11.6. The van der Waals surface area contributed by atoms with Crippen molar-refractivity contribution in [2.24, 2.45) is 0 Å². The average molecular weight is 258 g/mol. The number of nitrogens with one attached hydrogen (secondary N) is 1. The fourth-order valence-electron chi connectivity index (χ4n) is 1.89. The fraction of sp³-hybridized carbons (Fsp3) is 0.556. The predicted octanol–water partition coefficient (Wildman–Crippen LogP) is -2.58. The Morgan fingerprint density at radius 2 is 2.33 bits per heavy atom. The van der Waals surface area contributed by atoms with Crippen LogP contribution in [0, 0.1) is 0 Å². The number of nitrogen functional groups attached to an aromatic ring is 1. The second kappa shape index (κ2) is 5.00. The van der Waals surface area contributed by atoms with E-state index < -0.39 is 36.8 Å². The Balaban J connectivity index is 2.35. The first-order valence-corrected chi connectivity index (χ1v) is 5.27. The van der Waals surface area contributed by atoms with Crippen molar-refractivity contribution in [2.45, 2.75) is 24.5 Å². The number of anilines is 1. The molecule has 0 aliphatic carbocycles. The van der Waals surface area contributed by atoms with Gasteiger partial charge in [0.15, 0.2) is 6.23 Å². The minimum absolute atomic E-state index is 0.0574. The standard InChI is InChI=1S/C9H14N4O5/c10-5-1-2-13(9(16)11-5)8-6(12-17)7(15)4(3-14)18-8/h1-2,4,6-8,12,14-15,17H,3H2,(H2,10,11,16)/t4?,6-,7-,8?/m1/s1. The molecule has 1 aromatic rings. The zero-order valence-electron chi connectivity index (χ0n) is 9.30. The molecule has 4 atom stereocenters. The molecule has 100 valence electrons. The lowest BCUT2D eigenvalue weighted by Crippen LogP contribution is -2.44. The number of hydroxylamine groups is 1. The SMILES string of the molecule is Nc1ccn(C2OC(CO)[C@@H](O)[C@H]2NO)c(=O)n1. The van der Waals surface area contributed by atoms with Crippen LogP contribution in [0.3, 0.4) is 0 Å². The molecule has 1 aliphatic rings. The van der Waals surface area contributed by atoms with Crippen molar-refractivity contribution in [3.05, 3.63) is 22.7 Å². The zero-order valence-corrected chi connectivity index (χ0v) is 9.30. The minimum atomic E-state index is -1.16. The molecule has 0 aromatic carbocycles. The van der Waals surface area contributed by atoms with Crippen LogP contribution in [-0.4, -0.2) is 49.8 Å². The number of nitrogens with zero attached hydrogens (tertiary/aromatic N) is 2. The highest BCUT2D eigenvalue weighted by atomic mass is 16.6. The highest BCUT2D eigenvalue weighted by Crippen LogP contribution is 2.27. The van der Waals surface area contributed by atoms with E-state index in [0.717, 1.165) is 4.57 Å². The number of rotatable bonds is 3. The topological polar surface area (TPSA) is 143 Å². The Kier molecular flexibility index (Phi) is 3.59. The summed E-state index contributed by atoms with van der Waals surface area (Å²) >= 11 is 0. The third-order valence-corrected chi connectivity index (χ3v) is 2.82. The molecule has 2 rings (SSSR count). The van der Waals surface area contributed by atoms with E-state index in [4.69, 9.17) is 20.8 Å². The van der Waals surface area contributed by atoms with Gasteiger partial charge in [0.1, 0.15) is 24.1 Å². The van der Waals surface area contributed by atoms with Crippen LogP contribution >= 0.6 is 0 Å². The number of nitrogens with two attached hydrogens (primary N) is 1. The quantitative estimate of drug-likeness (QED) is 0.372. The van der Waals surface area contributed by atoms with Gasteiger partial charge in [0.2, 0.25) is 0 Å². The summed E-state index contributed by atoms with van der Waals surface area (Å²) in [6.45, 7) is -0.438. The summed E-state index contributed by atoms with van der Waals surface area (Å²) in [5.41, 5.74) is 6.54. The van der Waals surface area contributed by atoms with Crippen LogP contribution in [0.2, 0.25) is 0 Å². The Morgan fingerprint density at radius 1 is 1.61 bits per heavy atom. The third kappa shape index (κ3) is 2.09. The maximum Gasteiger partial charge on any atom is 0.351 e. The molecular weight excluding hydrogens is 244 g/mol. The predicted molar refractivity (Wildman–Crippen MR) is 58.6 cm³/mol. The molecule has 0 bridgehead atoms. The monoisotopic (exact) mass is 258 g/mol. The van der Waals surface area contributed by atoms with E-state index in [1.807, 2.05) is 5.48 Å². The number of hydrogen-bond acceptors (Lipinski definition) is 8. The summed E-state index contributed by atoms with van der Waals surface area (Å²) < 4.78 is 6.37. The minimum Gasteiger partial charge on any atom is -0.394 e. The second-order valence-corrected chi connectivity index (χ2v) is 3.94. The van der Waals surface area contributed by atoms with Gasteiger partial charge < -0.3 is 25.9 Å². The van der Waals surface area contributed by atoms with Crippen LogP contribution in [0.4, 0.5) is 5.82 Å². The van der Waals surface area contributed by atoms with Gasteiger partial charge in [-0.2, -0.15) is 10.5 Å². The van der Waals surface area contributed by atoms with E-state index in [2.05, 4.69) is 4.98 Å². The molecular formula is C9H14N4O5. The van der Waals surface area contributed by atoms with Crippen molar-refractivity contribution in [3.63, 3.8) is 0 Å². The first kappa shape index (κ1) is 12.9. The van der Waals surface area contributed by atoms with E-state index in [0.29, 0.717) is 0 Å². The molecule has 1 aromatic heterocycles. The molecule has 0 spiro atoms. The van der Waals surface area contributed by atoms with Crippen LogP contribution in [0.15, 0.2) is 17.1 Å². The van der Waals surface area contributed by atoms with Crippen LogP contribution in [0.1, 0.15) is 6.23 Å². The van der Waals surface area contributed by atoms with Gasteiger partial charge in [-0.05, 0) is 6.07 Å². The number of aliphatic hydroxyl groups excluding tert-OH is 2. The van der Waals surface area contributed by atoms with Crippen LogP contribution in [0.25, 0.3) is 0 Å². The Bertz CT molecular complexity index is 478. The summed E-state index contributed by atoms with van der Waals surface area (Å²) in [5.74, 6) is 0.0574. The molecule has 1 fully saturated rings. The number of aliphatic hydroxyl groups is 2. The van der Waals surface area contributed by atoms with E-state index in [1.165, 1.54) is 12.3 Å². The molecule has 18 heavy (non-hydrogen) atoms. The molecule has 9 nitrogen and oxygen atoms in total. The van der Waals surface area contributed by atoms with Crippen LogP contribution in [0.5, 0.6) is 0 Å². The van der Waals surface area contributed by atoms with Gasteiger partial charge in [0, 0.05) is 6.20 Å². The Labute approximate surface area is 101 Å². The summed E-state index contributed by atoms with van der Waals surface area (Å²) in [7, 11) is 0. The molecule has 1 aliphatic heterocycles. The summed E-state index contributed by atoms with van der Waals surface area (Å²) in [6.07, 6.45) is -1.70. The summed E-state index contributed by atoms with van der Waals surface area (Å²) in [6, 6.07) is 0.433. The van der Waals surface area contributed by atoms with E-state index in [9.17, 15) is 9.90 Å². The van der Waals surface area contributed by atoms with Crippen molar-refractivity contribution in [2.75, 3.05) is 12.3 Å². The van der Waals surface area contributed by atoms with Gasteiger partial charge in [0.25, 0.3) is 0 Å². The van der Waals surface area contributed by atoms with Crippen molar-refractivity contribution >= 4 is 5.82 Å². The van der Waals surface area contributed by atoms with Crippen molar-refractivity contribution in [3.8, 4) is 0 Å². The average Bonchev–Trinajstić information content (AvgIpc) is 2.65. The van der Waals surface area contributed by atoms with Gasteiger partial charge in [-0.3, -0.25) is 4.57 Å². The molecule has 0 saturated carbocycles. The normalized spacial score (nSPS) is 31.7. The smallest absolute Gasteiger partial charge is 0.351 e. The Morgan fingerprint density at radius 3 is 2.89 bits per heavy atom. The van der Waals surface area contributed by atoms with Crippen molar-refractivity contribution in [1.29, 1.82) is 0 Å². The van der Waals surface area contributed by atoms with Gasteiger partial charge in [0.05, 0.1) is 6.61 Å². The van der Waals surface area contributed by atoms with E-state index in [1.54, 1.807) is 0 Å². The largest absolute Gasteiger partial charge is 0.394 e. The Hall–Kier alpha value is -1.52. The number of aromatic nitrogens is 2. The van der Waals surface area contributed by atoms with Crippen LogP contribution < -0.4 is 16.9 Å². The van der Waals surface area contributed by atoms with Gasteiger partial charge in [-0.25, -0.2) is 4.79 Å². The van der Waals surface area contributed by atoms with Crippen molar-refractivity contribution in [1.82, 2.24) is 15.0 Å². The molecule has 2 heterocycles. The lowest BCUT2D eigenvalue weighted by Gasteiger charge is -2.19. The second-order valence-electron chi connectivity index (χ2n) is 3.94. The molecule has 0 radical (unpaired) electrons. The third-order valence-electron chi connectivity index (χ3n) is 2.82. The zero-order chi connectivity index (χ0) is 13.3. The molecule has 9 heteroatoms. The lowest BCUT2D eigenvalue weighted by atomic mass is 10.1. The fourth-order valence-corrected chi connectivity index (χ4v) is 1.89.